The molecule has 2 amide bonds. The van der Waals surface area contributed by atoms with Crippen LogP contribution in [-0.2, 0) is 14.4 Å². The third kappa shape index (κ3) is 6.19. The normalized spacial score (nSPS) is 22.5. The van der Waals surface area contributed by atoms with Gasteiger partial charge in [-0.3, -0.25) is 9.59 Å². The van der Waals surface area contributed by atoms with E-state index in [2.05, 4.69) is 5.32 Å². The lowest BCUT2D eigenvalue weighted by molar-refractivity contribution is -0.153. The van der Waals surface area contributed by atoms with Crippen molar-refractivity contribution in [1.29, 1.82) is 0 Å². The van der Waals surface area contributed by atoms with Gasteiger partial charge in [0.2, 0.25) is 11.8 Å². The van der Waals surface area contributed by atoms with Crippen molar-refractivity contribution in [3.63, 3.8) is 0 Å². The number of aliphatic carboxylic acids is 1. The SMILES string of the molecule is CC[C@H](C)[C@H](C(=O)O)N(C)C(=O)[C@H](NC(=O)[C@H](N)C1CCCCC1)C1CCCCC1. The van der Waals surface area contributed by atoms with E-state index in [0.29, 0.717) is 6.42 Å². The molecular weight excluding hydrogens is 382 g/mol. The Morgan fingerprint density at radius 2 is 1.50 bits per heavy atom. The van der Waals surface area contributed by atoms with Crippen molar-refractivity contribution in [3.8, 4) is 0 Å². The average molecular weight is 424 g/mol. The zero-order valence-corrected chi connectivity index (χ0v) is 18.9. The van der Waals surface area contributed by atoms with Crippen LogP contribution in [0.25, 0.3) is 0 Å². The van der Waals surface area contributed by atoms with Gasteiger partial charge < -0.3 is 21.1 Å². The Bertz CT molecular complexity index is 585. The van der Waals surface area contributed by atoms with E-state index in [0.717, 1.165) is 57.8 Å². The molecule has 7 nitrogen and oxygen atoms in total. The molecule has 7 heteroatoms. The predicted molar refractivity (Wildman–Crippen MR) is 117 cm³/mol. The molecule has 172 valence electrons. The van der Waals surface area contributed by atoms with Crippen molar-refractivity contribution in [2.24, 2.45) is 23.5 Å². The summed E-state index contributed by atoms with van der Waals surface area (Å²) in [6.07, 6.45) is 10.8. The first-order chi connectivity index (χ1) is 14.3. The van der Waals surface area contributed by atoms with E-state index < -0.39 is 24.1 Å². The Hall–Kier alpha value is -1.63. The molecule has 0 unspecified atom stereocenters. The van der Waals surface area contributed by atoms with E-state index in [1.54, 1.807) is 7.05 Å². The highest BCUT2D eigenvalue weighted by Crippen LogP contribution is 2.29. The van der Waals surface area contributed by atoms with Crippen LogP contribution in [-0.4, -0.2) is 53.0 Å². The van der Waals surface area contributed by atoms with Crippen molar-refractivity contribution in [3.05, 3.63) is 0 Å². The van der Waals surface area contributed by atoms with Crippen molar-refractivity contribution in [2.45, 2.75) is 103 Å². The molecule has 0 aliphatic heterocycles. The summed E-state index contributed by atoms with van der Waals surface area (Å²) >= 11 is 0. The van der Waals surface area contributed by atoms with E-state index in [-0.39, 0.29) is 29.6 Å². The molecule has 2 rings (SSSR count). The van der Waals surface area contributed by atoms with Crippen LogP contribution in [0.5, 0.6) is 0 Å². The first-order valence-electron chi connectivity index (χ1n) is 11.8. The van der Waals surface area contributed by atoms with Gasteiger partial charge in [-0.05, 0) is 43.4 Å². The first kappa shape index (κ1) is 24.6. The second-order valence-corrected chi connectivity index (χ2v) is 9.43. The van der Waals surface area contributed by atoms with Gasteiger partial charge in [-0.25, -0.2) is 4.79 Å². The van der Waals surface area contributed by atoms with E-state index in [9.17, 15) is 19.5 Å². The fourth-order valence-electron chi connectivity index (χ4n) is 5.18. The average Bonchev–Trinajstić information content (AvgIpc) is 2.77. The maximum absolute atomic E-state index is 13.5. The second-order valence-electron chi connectivity index (χ2n) is 9.43. The van der Waals surface area contributed by atoms with Crippen LogP contribution < -0.4 is 11.1 Å². The summed E-state index contributed by atoms with van der Waals surface area (Å²) in [7, 11) is 1.55. The maximum Gasteiger partial charge on any atom is 0.326 e. The lowest BCUT2D eigenvalue weighted by atomic mass is 9.81. The van der Waals surface area contributed by atoms with Crippen LogP contribution >= 0.6 is 0 Å². The third-order valence-electron chi connectivity index (χ3n) is 7.35. The fraction of sp³-hybridized carbons (Fsp3) is 0.870. The van der Waals surface area contributed by atoms with Crippen LogP contribution in [0.1, 0.15) is 84.5 Å². The highest BCUT2D eigenvalue weighted by molar-refractivity contribution is 5.92. The highest BCUT2D eigenvalue weighted by Gasteiger charge is 2.39. The lowest BCUT2D eigenvalue weighted by Gasteiger charge is -2.37. The minimum Gasteiger partial charge on any atom is -0.480 e. The lowest BCUT2D eigenvalue weighted by Crippen LogP contribution is -2.59. The standard InChI is InChI=1S/C23H41N3O4/c1-4-15(2)20(23(29)30)26(3)22(28)19(17-13-9-6-10-14-17)25-21(27)18(24)16-11-7-5-8-12-16/h15-20H,4-14,24H2,1-3H3,(H,25,27)(H,29,30)/t15-,18+,19+,20+/m0/s1. The van der Waals surface area contributed by atoms with Gasteiger partial charge in [-0.1, -0.05) is 58.8 Å². The van der Waals surface area contributed by atoms with Gasteiger partial charge in [-0.15, -0.1) is 0 Å². The van der Waals surface area contributed by atoms with Gasteiger partial charge in [0.05, 0.1) is 6.04 Å². The zero-order chi connectivity index (χ0) is 22.3. The molecule has 2 saturated carbocycles. The number of carbonyl (C=O) groups is 3. The molecule has 2 aliphatic carbocycles. The number of hydrogen-bond donors (Lipinski definition) is 3. The molecule has 0 heterocycles. The number of nitrogens with zero attached hydrogens (tertiary/aromatic N) is 1. The van der Waals surface area contributed by atoms with E-state index in [1.807, 2.05) is 13.8 Å². The summed E-state index contributed by atoms with van der Waals surface area (Å²) in [5.74, 6) is -1.57. The predicted octanol–water partition coefficient (Wildman–Crippen LogP) is 2.92. The van der Waals surface area contributed by atoms with Gasteiger partial charge in [0.15, 0.2) is 0 Å². The fourth-order valence-corrected chi connectivity index (χ4v) is 5.18. The highest BCUT2D eigenvalue weighted by atomic mass is 16.4. The number of amides is 2. The number of carboxylic acid groups (broad SMARTS) is 1. The Morgan fingerprint density at radius 3 is 1.97 bits per heavy atom. The largest absolute Gasteiger partial charge is 0.480 e. The Morgan fingerprint density at radius 1 is 1.00 bits per heavy atom. The van der Waals surface area contributed by atoms with E-state index in [4.69, 9.17) is 5.73 Å². The summed E-state index contributed by atoms with van der Waals surface area (Å²) in [6, 6.07) is -2.22. The summed E-state index contributed by atoms with van der Waals surface area (Å²) < 4.78 is 0. The van der Waals surface area contributed by atoms with Crippen molar-refractivity contribution in [1.82, 2.24) is 10.2 Å². The summed E-state index contributed by atoms with van der Waals surface area (Å²) in [6.45, 7) is 3.76. The number of carboxylic acids is 1. The minimum absolute atomic E-state index is 0.0302. The third-order valence-corrected chi connectivity index (χ3v) is 7.35. The molecule has 0 spiro atoms. The summed E-state index contributed by atoms with van der Waals surface area (Å²) in [5.41, 5.74) is 6.29. The number of hydrogen-bond acceptors (Lipinski definition) is 4. The van der Waals surface area contributed by atoms with Crippen molar-refractivity contribution < 1.29 is 19.5 Å². The summed E-state index contributed by atoms with van der Waals surface area (Å²) in [5, 5.41) is 12.7. The molecular formula is C23H41N3O4. The maximum atomic E-state index is 13.5. The van der Waals surface area contributed by atoms with Crippen LogP contribution in [0, 0.1) is 17.8 Å². The van der Waals surface area contributed by atoms with Crippen molar-refractivity contribution >= 4 is 17.8 Å². The Labute approximate surface area is 181 Å². The molecule has 0 aromatic heterocycles. The molecule has 2 fully saturated rings. The van der Waals surface area contributed by atoms with Crippen molar-refractivity contribution in [2.75, 3.05) is 7.05 Å². The first-order valence-corrected chi connectivity index (χ1v) is 11.8. The van der Waals surface area contributed by atoms with Gasteiger partial charge in [0, 0.05) is 7.05 Å². The van der Waals surface area contributed by atoms with Gasteiger partial charge in [0.25, 0.3) is 0 Å². The molecule has 4 N–H and O–H groups in total. The number of nitrogens with one attached hydrogen (secondary N) is 1. The van der Waals surface area contributed by atoms with Gasteiger partial charge in [0.1, 0.15) is 12.1 Å². The number of carbonyl (C=O) groups excluding carboxylic acids is 2. The second kappa shape index (κ2) is 11.7. The van der Waals surface area contributed by atoms with Gasteiger partial charge in [-0.2, -0.15) is 0 Å². The molecule has 2 aliphatic rings. The molecule has 0 aromatic rings. The topological polar surface area (TPSA) is 113 Å². The molecule has 0 saturated heterocycles. The zero-order valence-electron chi connectivity index (χ0n) is 18.9. The summed E-state index contributed by atoms with van der Waals surface area (Å²) in [4.78, 5) is 39.7. The van der Waals surface area contributed by atoms with Crippen LogP contribution in [0.4, 0.5) is 0 Å². The molecule has 0 radical (unpaired) electrons. The van der Waals surface area contributed by atoms with Crippen LogP contribution in [0.2, 0.25) is 0 Å². The molecule has 4 atom stereocenters. The van der Waals surface area contributed by atoms with E-state index in [1.165, 1.54) is 11.3 Å². The quantitative estimate of drug-likeness (QED) is 0.528. The molecule has 0 bridgehead atoms. The van der Waals surface area contributed by atoms with Crippen LogP contribution in [0.3, 0.4) is 0 Å². The smallest absolute Gasteiger partial charge is 0.326 e. The molecule has 30 heavy (non-hydrogen) atoms. The van der Waals surface area contributed by atoms with Gasteiger partial charge >= 0.3 is 5.97 Å². The number of likely N-dealkylation sites (N-methyl/N-ethyl adjacent to an activating group) is 1. The monoisotopic (exact) mass is 423 g/mol. The van der Waals surface area contributed by atoms with Crippen LogP contribution in [0.15, 0.2) is 0 Å². The number of rotatable bonds is 9. The Balaban J connectivity index is 2.17. The molecule has 0 aromatic carbocycles. The minimum atomic E-state index is -1.01. The van der Waals surface area contributed by atoms with E-state index >= 15 is 0 Å². The Kier molecular flexibility index (Phi) is 9.59. The number of nitrogens with two attached hydrogens (primary N) is 1.